The minimum absolute atomic E-state index is 0.162. The summed E-state index contributed by atoms with van der Waals surface area (Å²) in [6, 6.07) is 0. The van der Waals surface area contributed by atoms with Gasteiger partial charge in [0.15, 0.2) is 0 Å². The van der Waals surface area contributed by atoms with Crippen LogP contribution in [0, 0.1) is 5.92 Å². The molecule has 0 aliphatic carbocycles. The van der Waals surface area contributed by atoms with Gasteiger partial charge in [-0.05, 0) is 12.3 Å². The molecule has 2 N–H and O–H groups in total. The summed E-state index contributed by atoms with van der Waals surface area (Å²) >= 11 is 0. The van der Waals surface area contributed by atoms with E-state index in [0.29, 0.717) is 5.92 Å². The lowest BCUT2D eigenvalue weighted by Gasteiger charge is -2.14. The Kier molecular flexibility index (Phi) is 7.47. The predicted octanol–water partition coefficient (Wildman–Crippen LogP) is 2.70. The van der Waals surface area contributed by atoms with Crippen molar-refractivity contribution in [1.29, 1.82) is 0 Å². The van der Waals surface area contributed by atoms with Crippen LogP contribution in [0.1, 0.15) is 46.0 Å². The van der Waals surface area contributed by atoms with Gasteiger partial charge in [-0.2, -0.15) is 0 Å². The fourth-order valence-corrected chi connectivity index (χ4v) is 1.93. The van der Waals surface area contributed by atoms with E-state index in [4.69, 9.17) is 9.79 Å². The lowest BCUT2D eigenvalue weighted by Crippen LogP contribution is -2.04. The molecule has 14 heavy (non-hydrogen) atoms. The highest BCUT2D eigenvalue weighted by atomic mass is 31.2. The van der Waals surface area contributed by atoms with Gasteiger partial charge in [0.2, 0.25) is 0 Å². The molecule has 0 rings (SSSR count). The molecule has 0 aromatic carbocycles. The molecule has 0 heterocycles. The highest BCUT2D eigenvalue weighted by Gasteiger charge is 2.14. The molecule has 0 atom stereocenters. The summed E-state index contributed by atoms with van der Waals surface area (Å²) in [5, 5.41) is 0. The minimum Gasteiger partial charge on any atom is -0.303 e. The molecule has 0 unspecified atom stereocenters. The predicted molar refractivity (Wildman–Crippen MR) is 55.9 cm³/mol. The molecule has 0 fully saturated rings. The molecule has 0 saturated carbocycles. The Morgan fingerprint density at radius 3 is 2.00 bits per heavy atom. The van der Waals surface area contributed by atoms with Crippen molar-refractivity contribution < 1.29 is 18.9 Å². The average molecular weight is 224 g/mol. The third kappa shape index (κ3) is 8.70. The van der Waals surface area contributed by atoms with Crippen LogP contribution in [0.15, 0.2) is 0 Å². The van der Waals surface area contributed by atoms with Crippen LogP contribution < -0.4 is 0 Å². The summed E-state index contributed by atoms with van der Waals surface area (Å²) in [6.07, 6.45) is 5.19. The van der Waals surface area contributed by atoms with E-state index >= 15 is 0 Å². The zero-order chi connectivity index (χ0) is 11.0. The average Bonchev–Trinajstić information content (AvgIpc) is 2.02. The normalized spacial score (nSPS) is 12.4. The third-order valence-corrected chi connectivity index (χ3v) is 2.70. The number of hydrogen-bond acceptors (Lipinski definition) is 2. The van der Waals surface area contributed by atoms with Crippen LogP contribution in [-0.4, -0.2) is 16.4 Å². The van der Waals surface area contributed by atoms with Crippen LogP contribution in [0.3, 0.4) is 0 Å². The van der Waals surface area contributed by atoms with E-state index in [1.807, 2.05) is 0 Å². The van der Waals surface area contributed by atoms with Gasteiger partial charge in [-0.3, -0.25) is 4.52 Å². The highest BCUT2D eigenvalue weighted by molar-refractivity contribution is 7.46. The van der Waals surface area contributed by atoms with E-state index in [2.05, 4.69) is 18.4 Å². The van der Waals surface area contributed by atoms with Crippen LogP contribution in [0.4, 0.5) is 0 Å². The van der Waals surface area contributed by atoms with Gasteiger partial charge in [-0.1, -0.05) is 39.5 Å². The summed E-state index contributed by atoms with van der Waals surface area (Å²) in [4.78, 5) is 17.0. The molecule has 0 bridgehead atoms. The van der Waals surface area contributed by atoms with E-state index in [1.165, 1.54) is 0 Å². The van der Waals surface area contributed by atoms with Gasteiger partial charge in [-0.25, -0.2) is 4.57 Å². The van der Waals surface area contributed by atoms with Crippen molar-refractivity contribution >= 4 is 7.82 Å². The summed E-state index contributed by atoms with van der Waals surface area (Å²) < 4.78 is 14.8. The third-order valence-electron chi connectivity index (χ3n) is 2.18. The molecule has 0 amide bonds. The molecule has 0 aliphatic heterocycles. The Morgan fingerprint density at radius 2 is 1.64 bits per heavy atom. The Balaban J connectivity index is 3.65. The van der Waals surface area contributed by atoms with Crippen molar-refractivity contribution in [3.63, 3.8) is 0 Å². The van der Waals surface area contributed by atoms with Gasteiger partial charge in [0.1, 0.15) is 0 Å². The Hall–Kier alpha value is 0.110. The molecule has 0 spiro atoms. The number of phosphoric ester groups is 1. The zero-order valence-corrected chi connectivity index (χ0v) is 9.87. The second kappa shape index (κ2) is 7.41. The topological polar surface area (TPSA) is 66.8 Å². The van der Waals surface area contributed by atoms with Crippen LogP contribution in [-0.2, 0) is 9.09 Å². The first kappa shape index (κ1) is 14.1. The Morgan fingerprint density at radius 1 is 1.14 bits per heavy atom. The van der Waals surface area contributed by atoms with Crippen molar-refractivity contribution in [2.75, 3.05) is 6.61 Å². The molecule has 0 aliphatic rings. The summed E-state index contributed by atoms with van der Waals surface area (Å²) in [7, 11) is -4.26. The van der Waals surface area contributed by atoms with Gasteiger partial charge in [-0.15, -0.1) is 0 Å². The van der Waals surface area contributed by atoms with Gasteiger partial charge in [0, 0.05) is 0 Å². The van der Waals surface area contributed by atoms with Crippen molar-refractivity contribution in [2.45, 2.75) is 46.0 Å². The van der Waals surface area contributed by atoms with Crippen LogP contribution in [0.2, 0.25) is 0 Å². The van der Waals surface area contributed by atoms with Gasteiger partial charge in [0.25, 0.3) is 0 Å². The highest BCUT2D eigenvalue weighted by Crippen LogP contribution is 2.36. The summed E-state index contributed by atoms with van der Waals surface area (Å²) in [5.74, 6) is 0.538. The van der Waals surface area contributed by atoms with Crippen LogP contribution in [0.25, 0.3) is 0 Å². The van der Waals surface area contributed by atoms with Crippen molar-refractivity contribution in [2.24, 2.45) is 5.92 Å². The Labute approximate surface area is 85.9 Å². The first-order valence-corrected chi connectivity index (χ1v) is 6.72. The molecule has 4 nitrogen and oxygen atoms in total. The van der Waals surface area contributed by atoms with E-state index < -0.39 is 7.82 Å². The van der Waals surface area contributed by atoms with Crippen LogP contribution in [0.5, 0.6) is 0 Å². The molecular formula is C9H21O4P. The first-order chi connectivity index (χ1) is 6.49. The standard InChI is InChI=1S/C9H21O4P/c1-3-5-9(6-4-2)7-8-13-14(10,11)12/h9H,3-8H2,1-2H3,(H2,10,11,12). The Bertz CT molecular complexity index is 172. The minimum atomic E-state index is -4.26. The van der Waals surface area contributed by atoms with E-state index in [0.717, 1.165) is 32.1 Å². The molecule has 86 valence electrons. The van der Waals surface area contributed by atoms with Crippen molar-refractivity contribution in [3.05, 3.63) is 0 Å². The molecule has 5 heteroatoms. The zero-order valence-electron chi connectivity index (χ0n) is 8.98. The van der Waals surface area contributed by atoms with E-state index in [-0.39, 0.29) is 6.61 Å². The number of phosphoric acid groups is 1. The smallest absolute Gasteiger partial charge is 0.303 e. The monoisotopic (exact) mass is 224 g/mol. The summed E-state index contributed by atoms with van der Waals surface area (Å²) in [6.45, 7) is 4.40. The fraction of sp³-hybridized carbons (Fsp3) is 1.00. The van der Waals surface area contributed by atoms with E-state index in [9.17, 15) is 4.57 Å². The maximum atomic E-state index is 10.4. The summed E-state index contributed by atoms with van der Waals surface area (Å²) in [5.41, 5.74) is 0. The maximum absolute atomic E-state index is 10.4. The lowest BCUT2D eigenvalue weighted by molar-refractivity contribution is 0.180. The van der Waals surface area contributed by atoms with Crippen molar-refractivity contribution in [3.8, 4) is 0 Å². The SMILES string of the molecule is CCCC(CCC)CCOP(=O)(O)O. The number of hydrogen-bond donors (Lipinski definition) is 2. The second-order valence-corrected chi connectivity index (χ2v) is 4.80. The van der Waals surface area contributed by atoms with Gasteiger partial charge < -0.3 is 9.79 Å². The first-order valence-electron chi connectivity index (χ1n) is 5.19. The quantitative estimate of drug-likeness (QED) is 0.622. The number of rotatable bonds is 8. The molecule has 0 radical (unpaired) electrons. The molecular weight excluding hydrogens is 203 g/mol. The molecule has 0 aromatic rings. The fourth-order valence-electron chi connectivity index (χ4n) is 1.59. The van der Waals surface area contributed by atoms with E-state index in [1.54, 1.807) is 0 Å². The van der Waals surface area contributed by atoms with Crippen LogP contribution >= 0.6 is 7.82 Å². The maximum Gasteiger partial charge on any atom is 0.469 e. The van der Waals surface area contributed by atoms with Gasteiger partial charge in [0.05, 0.1) is 6.61 Å². The largest absolute Gasteiger partial charge is 0.469 e. The van der Waals surface area contributed by atoms with Gasteiger partial charge >= 0.3 is 7.82 Å². The molecule has 0 saturated heterocycles. The molecule has 0 aromatic heterocycles. The van der Waals surface area contributed by atoms with Crippen molar-refractivity contribution in [1.82, 2.24) is 0 Å². The second-order valence-electron chi connectivity index (χ2n) is 3.56. The lowest BCUT2D eigenvalue weighted by atomic mass is 9.95.